The van der Waals surface area contributed by atoms with E-state index in [1.54, 1.807) is 69.3 Å². The van der Waals surface area contributed by atoms with Crippen molar-refractivity contribution in [2.75, 3.05) is 12.0 Å². The lowest BCUT2D eigenvalue weighted by molar-refractivity contribution is -0.157. The van der Waals surface area contributed by atoms with Crippen molar-refractivity contribution >= 4 is 52.9 Å². The highest BCUT2D eigenvalue weighted by Gasteiger charge is 2.27. The number of carbonyl (C=O) groups is 2. The number of imidazole rings is 1. The molecule has 0 spiro atoms. The van der Waals surface area contributed by atoms with E-state index in [4.69, 9.17) is 27.9 Å². The molecule has 0 fully saturated rings. The summed E-state index contributed by atoms with van der Waals surface area (Å²) < 4.78 is 7.51. The summed E-state index contributed by atoms with van der Waals surface area (Å²) in [7, 11) is 0. The predicted molar refractivity (Wildman–Crippen MR) is 153 cm³/mol. The van der Waals surface area contributed by atoms with Crippen molar-refractivity contribution in [2.45, 2.75) is 45.4 Å². The molecular formula is C28H31Cl2N3O3S. The summed E-state index contributed by atoms with van der Waals surface area (Å²) in [6.45, 7) is 6.07. The Morgan fingerprint density at radius 2 is 1.95 bits per heavy atom. The first-order chi connectivity index (χ1) is 17.6. The highest BCUT2D eigenvalue weighted by Crippen LogP contribution is 2.34. The van der Waals surface area contributed by atoms with Crippen molar-refractivity contribution in [2.24, 2.45) is 0 Å². The fourth-order valence-corrected chi connectivity index (χ4v) is 4.57. The molecular weight excluding hydrogens is 529 g/mol. The number of aromatic nitrogens is 2. The number of halogens is 2. The van der Waals surface area contributed by atoms with E-state index in [9.17, 15) is 9.59 Å². The minimum atomic E-state index is -0.775. The number of nitrogens with one attached hydrogen (secondary N) is 1. The molecule has 6 nitrogen and oxygen atoms in total. The largest absolute Gasteiger partial charge is 0.458 e. The van der Waals surface area contributed by atoms with Gasteiger partial charge in [0.25, 0.3) is 5.91 Å². The summed E-state index contributed by atoms with van der Waals surface area (Å²) in [6.07, 6.45) is 11.7. The van der Waals surface area contributed by atoms with E-state index in [0.717, 1.165) is 5.56 Å². The maximum Gasteiger partial charge on any atom is 0.329 e. The van der Waals surface area contributed by atoms with E-state index in [0.29, 0.717) is 45.5 Å². The predicted octanol–water partition coefficient (Wildman–Crippen LogP) is 6.76. The molecule has 0 saturated heterocycles. The van der Waals surface area contributed by atoms with Gasteiger partial charge in [-0.05, 0) is 74.6 Å². The minimum absolute atomic E-state index is 0.382. The summed E-state index contributed by atoms with van der Waals surface area (Å²) in [4.78, 5) is 30.4. The maximum absolute atomic E-state index is 13.5. The molecule has 1 atom stereocenters. The number of carbonyl (C=O) groups excluding carboxylic acids is 2. The molecule has 1 N–H and O–H groups in total. The number of allylic oxidation sites excluding steroid dienone is 1. The van der Waals surface area contributed by atoms with Gasteiger partial charge in [-0.2, -0.15) is 11.8 Å². The van der Waals surface area contributed by atoms with E-state index >= 15 is 0 Å². The first-order valence-electron chi connectivity index (χ1n) is 11.8. The van der Waals surface area contributed by atoms with Crippen LogP contribution in [0.3, 0.4) is 0 Å². The second kappa shape index (κ2) is 13.2. The van der Waals surface area contributed by atoms with Crippen LogP contribution < -0.4 is 5.32 Å². The third kappa shape index (κ3) is 8.66. The summed E-state index contributed by atoms with van der Waals surface area (Å²) in [5.41, 5.74) is 1.93. The van der Waals surface area contributed by atoms with Gasteiger partial charge in [0.2, 0.25) is 0 Å². The molecule has 0 bridgehead atoms. The van der Waals surface area contributed by atoms with Crippen LogP contribution in [0.5, 0.6) is 0 Å². The Bertz CT molecular complexity index is 1250. The second-order valence-electron chi connectivity index (χ2n) is 9.43. The van der Waals surface area contributed by atoms with Gasteiger partial charge in [0.05, 0.1) is 6.33 Å². The lowest BCUT2D eigenvalue weighted by Gasteiger charge is -2.25. The van der Waals surface area contributed by atoms with Gasteiger partial charge in [-0.25, -0.2) is 9.78 Å². The number of benzene rings is 2. The van der Waals surface area contributed by atoms with Crippen molar-refractivity contribution < 1.29 is 14.3 Å². The zero-order chi connectivity index (χ0) is 27.0. The zero-order valence-electron chi connectivity index (χ0n) is 21.3. The first kappa shape index (κ1) is 28.8. The summed E-state index contributed by atoms with van der Waals surface area (Å²) in [6, 6.07) is 9.89. The normalized spacial score (nSPS) is 12.5. The molecule has 0 saturated carbocycles. The van der Waals surface area contributed by atoms with Crippen LogP contribution >= 0.6 is 35.0 Å². The van der Waals surface area contributed by atoms with Gasteiger partial charge in [-0.1, -0.05) is 47.5 Å². The Balaban J connectivity index is 1.94. The van der Waals surface area contributed by atoms with Crippen LogP contribution in [0.25, 0.3) is 17.2 Å². The fourth-order valence-electron chi connectivity index (χ4n) is 3.59. The van der Waals surface area contributed by atoms with Gasteiger partial charge in [0.1, 0.15) is 11.6 Å². The molecule has 0 radical (unpaired) electrons. The Morgan fingerprint density at radius 3 is 2.59 bits per heavy atom. The standard InChI is InChI=1S/C28H31Cl2N3O3S/c1-28(2,3)36-27(35)25(11-15-37-4)32-26(34)22-9-7-19(6-5-13-33-14-12-31-18-33)16-23(22)21-10-8-20(29)17-24(21)30/h5-10,12,14,16-18,25H,11,13,15H2,1-4H3,(H,32,34)/b6-5+/t25-/m0/s1. The number of thioether (sulfide) groups is 1. The number of rotatable bonds is 10. The van der Waals surface area contributed by atoms with Gasteiger partial charge in [0.15, 0.2) is 0 Å². The topological polar surface area (TPSA) is 73.2 Å². The van der Waals surface area contributed by atoms with E-state index in [1.807, 2.05) is 41.3 Å². The maximum atomic E-state index is 13.5. The molecule has 1 aromatic heterocycles. The Hall–Kier alpha value is -2.74. The monoisotopic (exact) mass is 559 g/mol. The van der Waals surface area contributed by atoms with Crippen LogP contribution in [-0.4, -0.2) is 45.1 Å². The van der Waals surface area contributed by atoms with Crippen LogP contribution in [0.2, 0.25) is 10.0 Å². The van der Waals surface area contributed by atoms with Crippen LogP contribution in [0.1, 0.15) is 43.1 Å². The summed E-state index contributed by atoms with van der Waals surface area (Å²) in [5.74, 6) is -0.146. The molecule has 0 unspecified atom stereocenters. The lowest BCUT2D eigenvalue weighted by atomic mass is 9.96. The molecule has 0 aliphatic carbocycles. The number of nitrogens with zero attached hydrogens (tertiary/aromatic N) is 2. The Kier molecular flexibility index (Phi) is 10.3. The third-order valence-corrected chi connectivity index (χ3v) is 6.49. The smallest absolute Gasteiger partial charge is 0.329 e. The van der Waals surface area contributed by atoms with Gasteiger partial charge < -0.3 is 14.6 Å². The van der Waals surface area contributed by atoms with Gasteiger partial charge in [0, 0.05) is 40.1 Å². The lowest BCUT2D eigenvalue weighted by Crippen LogP contribution is -2.44. The molecule has 0 aliphatic heterocycles. The van der Waals surface area contributed by atoms with Crippen LogP contribution in [-0.2, 0) is 16.1 Å². The quantitative estimate of drug-likeness (QED) is 0.277. The highest BCUT2D eigenvalue weighted by molar-refractivity contribution is 7.98. The van der Waals surface area contributed by atoms with Crippen LogP contribution in [0.15, 0.2) is 61.2 Å². The summed E-state index contributed by atoms with van der Waals surface area (Å²) >= 11 is 14.3. The average molecular weight is 561 g/mol. The van der Waals surface area contributed by atoms with Crippen LogP contribution in [0, 0.1) is 0 Å². The van der Waals surface area contributed by atoms with Gasteiger partial charge in [-0.15, -0.1) is 0 Å². The van der Waals surface area contributed by atoms with Crippen molar-refractivity contribution in [3.8, 4) is 11.1 Å². The number of ether oxygens (including phenoxy) is 1. The SMILES string of the molecule is CSCC[C@H](NC(=O)c1ccc(/C=C/Cn2ccnc2)cc1-c1ccc(Cl)cc1Cl)C(=O)OC(C)(C)C. The third-order valence-electron chi connectivity index (χ3n) is 5.30. The molecule has 37 heavy (non-hydrogen) atoms. The number of hydrogen-bond donors (Lipinski definition) is 1. The number of esters is 1. The number of amides is 1. The second-order valence-corrected chi connectivity index (χ2v) is 11.3. The molecule has 1 amide bonds. The van der Waals surface area contributed by atoms with E-state index in [-0.39, 0.29) is 5.91 Å². The highest BCUT2D eigenvalue weighted by atomic mass is 35.5. The van der Waals surface area contributed by atoms with Crippen molar-refractivity contribution in [1.82, 2.24) is 14.9 Å². The fraction of sp³-hybridized carbons (Fsp3) is 0.321. The van der Waals surface area contributed by atoms with Crippen LogP contribution in [0.4, 0.5) is 0 Å². The van der Waals surface area contributed by atoms with Crippen molar-refractivity contribution in [3.05, 3.63) is 82.4 Å². The summed E-state index contributed by atoms with van der Waals surface area (Å²) in [5, 5.41) is 3.81. The van der Waals surface area contributed by atoms with E-state index in [2.05, 4.69) is 10.3 Å². The number of hydrogen-bond acceptors (Lipinski definition) is 5. The van der Waals surface area contributed by atoms with E-state index in [1.165, 1.54) is 0 Å². The Labute approximate surface area is 232 Å². The minimum Gasteiger partial charge on any atom is -0.458 e. The molecule has 2 aromatic carbocycles. The molecule has 3 aromatic rings. The van der Waals surface area contributed by atoms with Gasteiger partial charge in [-0.3, -0.25) is 4.79 Å². The first-order valence-corrected chi connectivity index (χ1v) is 14.0. The van der Waals surface area contributed by atoms with Crippen molar-refractivity contribution in [3.63, 3.8) is 0 Å². The van der Waals surface area contributed by atoms with Crippen molar-refractivity contribution in [1.29, 1.82) is 0 Å². The molecule has 0 aliphatic rings. The molecule has 196 valence electrons. The molecule has 9 heteroatoms. The molecule has 3 rings (SSSR count). The van der Waals surface area contributed by atoms with E-state index < -0.39 is 17.6 Å². The average Bonchev–Trinajstić information content (AvgIpc) is 3.34. The zero-order valence-corrected chi connectivity index (χ0v) is 23.7. The molecule has 1 heterocycles. The van der Waals surface area contributed by atoms with Gasteiger partial charge >= 0.3 is 5.97 Å². The Morgan fingerprint density at radius 1 is 1.16 bits per heavy atom.